The third-order valence-electron chi connectivity index (χ3n) is 5.47. The van der Waals surface area contributed by atoms with Gasteiger partial charge in [0.2, 0.25) is 11.9 Å². The average Bonchev–Trinajstić information content (AvgIpc) is 2.81. The van der Waals surface area contributed by atoms with Crippen molar-refractivity contribution >= 4 is 17.6 Å². The first kappa shape index (κ1) is 24.1. The molecule has 0 radical (unpaired) electrons. The van der Waals surface area contributed by atoms with E-state index in [0.717, 1.165) is 12.3 Å². The second-order valence-electron chi connectivity index (χ2n) is 7.63. The molecule has 7 nitrogen and oxygen atoms in total. The fourth-order valence-corrected chi connectivity index (χ4v) is 3.63. The summed E-state index contributed by atoms with van der Waals surface area (Å²) in [6.07, 6.45) is 3.27. The van der Waals surface area contributed by atoms with Crippen molar-refractivity contribution in [2.45, 2.75) is 26.3 Å². The Morgan fingerprint density at radius 1 is 1.24 bits per heavy atom. The van der Waals surface area contributed by atoms with Gasteiger partial charge in [0, 0.05) is 44.2 Å². The summed E-state index contributed by atoms with van der Waals surface area (Å²) in [5.74, 6) is -4.46. The van der Waals surface area contributed by atoms with E-state index in [-0.39, 0.29) is 29.6 Å². The molecule has 11 heteroatoms. The Hall–Kier alpha value is -3.50. The van der Waals surface area contributed by atoms with Gasteiger partial charge in [-0.15, -0.1) is 0 Å². The SMILES string of the molecule is CN=C(/C(C)=C\N)c1nc(N2CCC(C(=O)NCc3cc(F)cc(F)c3F)CC2)ncc1F. The van der Waals surface area contributed by atoms with Gasteiger partial charge in [0.25, 0.3) is 0 Å². The van der Waals surface area contributed by atoms with Crippen LogP contribution in [0.25, 0.3) is 0 Å². The highest BCUT2D eigenvalue weighted by molar-refractivity contribution is 6.11. The highest BCUT2D eigenvalue weighted by atomic mass is 19.2. The maximum absolute atomic E-state index is 14.3. The number of nitrogens with zero attached hydrogens (tertiary/aromatic N) is 4. The maximum Gasteiger partial charge on any atom is 0.226 e. The van der Waals surface area contributed by atoms with Crippen molar-refractivity contribution in [3.05, 3.63) is 64.6 Å². The monoisotopic (exact) mass is 464 g/mol. The number of aliphatic imine (C=N–C) groups is 1. The molecule has 33 heavy (non-hydrogen) atoms. The zero-order valence-corrected chi connectivity index (χ0v) is 18.2. The van der Waals surface area contributed by atoms with Gasteiger partial charge >= 0.3 is 0 Å². The summed E-state index contributed by atoms with van der Waals surface area (Å²) in [7, 11) is 1.51. The molecule has 0 atom stereocenters. The van der Waals surface area contributed by atoms with Crippen LogP contribution in [0.3, 0.4) is 0 Å². The molecule has 2 heterocycles. The number of anilines is 1. The van der Waals surface area contributed by atoms with E-state index in [1.165, 1.54) is 13.2 Å². The molecule has 1 saturated heterocycles. The number of benzene rings is 1. The first-order valence-corrected chi connectivity index (χ1v) is 10.3. The Morgan fingerprint density at radius 3 is 2.58 bits per heavy atom. The van der Waals surface area contributed by atoms with Crippen molar-refractivity contribution in [2.75, 3.05) is 25.0 Å². The summed E-state index contributed by atoms with van der Waals surface area (Å²) in [4.78, 5) is 26.7. The molecule has 3 rings (SSSR count). The molecule has 1 amide bonds. The van der Waals surface area contributed by atoms with E-state index in [4.69, 9.17) is 5.73 Å². The van der Waals surface area contributed by atoms with Crippen molar-refractivity contribution in [3.63, 3.8) is 0 Å². The molecule has 1 fully saturated rings. The van der Waals surface area contributed by atoms with Crippen LogP contribution in [0.1, 0.15) is 31.0 Å². The number of halogens is 4. The highest BCUT2D eigenvalue weighted by Gasteiger charge is 2.27. The number of hydrogen-bond acceptors (Lipinski definition) is 6. The first-order valence-electron chi connectivity index (χ1n) is 10.3. The number of nitrogens with one attached hydrogen (secondary N) is 1. The number of amides is 1. The van der Waals surface area contributed by atoms with Gasteiger partial charge in [-0.05, 0) is 37.6 Å². The van der Waals surface area contributed by atoms with E-state index >= 15 is 0 Å². The lowest BCUT2D eigenvalue weighted by Crippen LogP contribution is -2.41. The van der Waals surface area contributed by atoms with Crippen molar-refractivity contribution in [2.24, 2.45) is 16.6 Å². The van der Waals surface area contributed by atoms with Crippen molar-refractivity contribution in [1.82, 2.24) is 15.3 Å². The molecule has 1 aliphatic rings. The predicted octanol–water partition coefficient (Wildman–Crippen LogP) is 2.85. The van der Waals surface area contributed by atoms with Crippen molar-refractivity contribution < 1.29 is 22.4 Å². The lowest BCUT2D eigenvalue weighted by atomic mass is 9.96. The average molecular weight is 464 g/mol. The largest absolute Gasteiger partial charge is 0.404 e. The molecule has 3 N–H and O–H groups in total. The lowest BCUT2D eigenvalue weighted by Gasteiger charge is -2.31. The number of carbonyl (C=O) groups excluding carboxylic acids is 1. The number of piperidine rings is 1. The Balaban J connectivity index is 1.63. The quantitative estimate of drug-likeness (QED) is 0.389. The van der Waals surface area contributed by atoms with Gasteiger partial charge in [0.05, 0.1) is 11.9 Å². The second-order valence-corrected chi connectivity index (χ2v) is 7.63. The van der Waals surface area contributed by atoms with Gasteiger partial charge in [-0.3, -0.25) is 9.79 Å². The molecule has 2 aromatic rings. The molecular weight excluding hydrogens is 440 g/mol. The molecule has 0 bridgehead atoms. The molecule has 176 valence electrons. The number of carbonyl (C=O) groups is 1. The third kappa shape index (κ3) is 5.47. The van der Waals surface area contributed by atoms with E-state index in [9.17, 15) is 22.4 Å². The van der Waals surface area contributed by atoms with Crippen LogP contribution in [-0.2, 0) is 11.3 Å². The zero-order chi connectivity index (χ0) is 24.1. The molecule has 0 spiro atoms. The van der Waals surface area contributed by atoms with Gasteiger partial charge in [0.1, 0.15) is 11.5 Å². The van der Waals surface area contributed by atoms with Crippen molar-refractivity contribution in [1.29, 1.82) is 0 Å². The van der Waals surface area contributed by atoms with Crippen LogP contribution in [0.15, 0.2) is 35.1 Å². The molecule has 1 aromatic heterocycles. The van der Waals surface area contributed by atoms with Crippen LogP contribution in [0.5, 0.6) is 0 Å². The van der Waals surface area contributed by atoms with Crippen LogP contribution in [0.2, 0.25) is 0 Å². The number of rotatable bonds is 6. The third-order valence-corrected chi connectivity index (χ3v) is 5.47. The van der Waals surface area contributed by atoms with Crippen LogP contribution in [-0.4, -0.2) is 41.7 Å². The van der Waals surface area contributed by atoms with Gasteiger partial charge in [-0.25, -0.2) is 27.5 Å². The summed E-state index contributed by atoms with van der Waals surface area (Å²) in [5, 5.41) is 2.53. The number of aromatic nitrogens is 2. The van der Waals surface area contributed by atoms with Crippen LogP contribution in [0, 0.1) is 29.2 Å². The van der Waals surface area contributed by atoms with E-state index < -0.39 is 23.3 Å². The van der Waals surface area contributed by atoms with E-state index in [1.807, 2.05) is 4.90 Å². The molecule has 0 saturated carbocycles. The topological polar surface area (TPSA) is 96.5 Å². The molecule has 1 aromatic carbocycles. The summed E-state index contributed by atoms with van der Waals surface area (Å²) in [6.45, 7) is 2.22. The summed E-state index contributed by atoms with van der Waals surface area (Å²) >= 11 is 0. The van der Waals surface area contributed by atoms with Crippen LogP contribution in [0.4, 0.5) is 23.5 Å². The number of nitrogens with two attached hydrogens (primary N) is 1. The molecule has 0 aliphatic carbocycles. The van der Waals surface area contributed by atoms with Crippen molar-refractivity contribution in [3.8, 4) is 0 Å². The number of allylic oxidation sites excluding steroid dienone is 1. The summed E-state index contributed by atoms with van der Waals surface area (Å²) < 4.78 is 54.7. The Bertz CT molecular complexity index is 1100. The second kappa shape index (κ2) is 10.4. The fraction of sp³-hybridized carbons (Fsp3) is 0.364. The number of hydrogen-bond donors (Lipinski definition) is 2. The standard InChI is InChI=1S/C22H24F4N6O/c1-12(9-27)19(28-2)20-17(25)11-30-22(31-20)32-5-3-13(4-6-32)21(33)29-10-14-7-15(23)8-16(24)18(14)26/h7-9,11,13H,3-6,10,27H2,1-2H3,(H,29,33)/b12-9-,28-19?. The summed E-state index contributed by atoms with van der Waals surface area (Å²) in [5.41, 5.74) is 6.18. The summed E-state index contributed by atoms with van der Waals surface area (Å²) in [6, 6.07) is 1.29. The van der Waals surface area contributed by atoms with Crippen LogP contribution >= 0.6 is 0 Å². The first-order chi connectivity index (χ1) is 15.7. The Labute approximate surface area is 188 Å². The van der Waals surface area contributed by atoms with E-state index in [2.05, 4.69) is 20.3 Å². The predicted molar refractivity (Wildman–Crippen MR) is 115 cm³/mol. The van der Waals surface area contributed by atoms with Gasteiger partial charge < -0.3 is 16.0 Å². The van der Waals surface area contributed by atoms with E-state index in [0.29, 0.717) is 49.2 Å². The Morgan fingerprint density at radius 2 is 1.94 bits per heavy atom. The molecule has 1 aliphatic heterocycles. The highest BCUT2D eigenvalue weighted by Crippen LogP contribution is 2.23. The maximum atomic E-state index is 14.3. The van der Waals surface area contributed by atoms with Crippen LogP contribution < -0.4 is 16.0 Å². The zero-order valence-electron chi connectivity index (χ0n) is 18.2. The Kier molecular flexibility index (Phi) is 7.62. The van der Waals surface area contributed by atoms with Gasteiger partial charge in [-0.1, -0.05) is 0 Å². The van der Waals surface area contributed by atoms with Gasteiger partial charge in [-0.2, -0.15) is 0 Å². The molecule has 0 unspecified atom stereocenters. The fourth-order valence-electron chi connectivity index (χ4n) is 3.63. The van der Waals surface area contributed by atoms with E-state index in [1.54, 1.807) is 6.92 Å². The minimum absolute atomic E-state index is 0.0333. The lowest BCUT2D eigenvalue weighted by molar-refractivity contribution is -0.125. The smallest absolute Gasteiger partial charge is 0.226 e. The van der Waals surface area contributed by atoms with Gasteiger partial charge in [0.15, 0.2) is 17.5 Å². The molecular formula is C22H24F4N6O. The minimum atomic E-state index is -1.31. The normalized spacial score (nSPS) is 15.6. The minimum Gasteiger partial charge on any atom is -0.404 e.